The molecule has 1 heterocycles. The van der Waals surface area contributed by atoms with Crippen LogP contribution in [0.15, 0.2) is 18.5 Å². The van der Waals surface area contributed by atoms with Crippen LogP contribution in [-0.2, 0) is 10.2 Å². The minimum absolute atomic E-state index is 0.0663. The van der Waals surface area contributed by atoms with Gasteiger partial charge in [-0.1, -0.05) is 27.7 Å². The zero-order chi connectivity index (χ0) is 13.8. The Labute approximate surface area is 109 Å². The normalized spacial score (nSPS) is 12.5. The third kappa shape index (κ3) is 3.60. The first kappa shape index (κ1) is 14.8. The van der Waals surface area contributed by atoms with Crippen molar-refractivity contribution in [3.8, 4) is 0 Å². The fourth-order valence-electron chi connectivity index (χ4n) is 1.86. The van der Waals surface area contributed by atoms with E-state index in [4.69, 9.17) is 5.73 Å². The number of rotatable bonds is 6. The van der Waals surface area contributed by atoms with Crippen LogP contribution >= 0.6 is 0 Å². The maximum absolute atomic E-state index is 12.1. The predicted octanol–water partition coefficient (Wildman–Crippen LogP) is 1.78. The van der Waals surface area contributed by atoms with Gasteiger partial charge in [0.05, 0.1) is 0 Å². The van der Waals surface area contributed by atoms with Crippen LogP contribution in [0.5, 0.6) is 0 Å². The molecular weight excluding hydrogens is 226 g/mol. The molecule has 0 radical (unpaired) electrons. The van der Waals surface area contributed by atoms with Crippen molar-refractivity contribution in [2.45, 2.75) is 39.5 Å². The molecule has 102 valence electrons. The fraction of sp³-hybridized carbons (Fsp3) is 0.643. The molecule has 1 rings (SSSR count). The van der Waals surface area contributed by atoms with E-state index in [0.29, 0.717) is 19.5 Å². The highest BCUT2D eigenvalue weighted by molar-refractivity contribution is 5.81. The van der Waals surface area contributed by atoms with E-state index in [-0.39, 0.29) is 11.3 Å². The lowest BCUT2D eigenvalue weighted by Crippen LogP contribution is -2.43. The highest BCUT2D eigenvalue weighted by Gasteiger charge is 2.29. The first-order valence-electron chi connectivity index (χ1n) is 6.41. The van der Waals surface area contributed by atoms with E-state index in [1.54, 1.807) is 0 Å². The lowest BCUT2D eigenvalue weighted by Gasteiger charge is -2.28. The smallest absolute Gasteiger partial charge is 0.225 e. The molecule has 0 fully saturated rings. The Hall–Kier alpha value is -1.29. The van der Waals surface area contributed by atoms with Crippen molar-refractivity contribution >= 4 is 5.91 Å². The summed E-state index contributed by atoms with van der Waals surface area (Å²) in [5.41, 5.74) is 6.25. The number of carbonyl (C=O) groups excluding carboxylic acids is 1. The first-order chi connectivity index (χ1) is 8.29. The Morgan fingerprint density at radius 1 is 1.39 bits per heavy atom. The van der Waals surface area contributed by atoms with Crippen LogP contribution in [-0.4, -0.2) is 24.0 Å². The third-order valence-corrected chi connectivity index (χ3v) is 3.45. The van der Waals surface area contributed by atoms with Gasteiger partial charge in [-0.3, -0.25) is 4.79 Å². The monoisotopic (exact) mass is 251 g/mol. The highest BCUT2D eigenvalue weighted by atomic mass is 16.2. The van der Waals surface area contributed by atoms with Crippen LogP contribution in [0, 0.1) is 5.41 Å². The van der Waals surface area contributed by atoms with Crippen LogP contribution in [0.1, 0.15) is 39.7 Å². The van der Waals surface area contributed by atoms with Gasteiger partial charge >= 0.3 is 0 Å². The van der Waals surface area contributed by atoms with Crippen molar-refractivity contribution in [3.05, 3.63) is 24.0 Å². The van der Waals surface area contributed by atoms with Crippen LogP contribution < -0.4 is 11.1 Å². The minimum Gasteiger partial charge on any atom is -0.367 e. The maximum atomic E-state index is 12.1. The zero-order valence-corrected chi connectivity index (χ0v) is 11.8. The van der Waals surface area contributed by atoms with Crippen molar-refractivity contribution < 1.29 is 4.79 Å². The van der Waals surface area contributed by atoms with Gasteiger partial charge in [0.25, 0.3) is 0 Å². The van der Waals surface area contributed by atoms with E-state index in [9.17, 15) is 4.79 Å². The standard InChI is InChI=1S/C14H25N3O/c1-13(2,6-7-15)12(18)17-10-14(3,4)11-5-8-16-9-11/h5,8-9,16H,6-7,10,15H2,1-4H3,(H,17,18). The van der Waals surface area contributed by atoms with Gasteiger partial charge in [0.1, 0.15) is 0 Å². The van der Waals surface area contributed by atoms with E-state index in [2.05, 4.69) is 24.1 Å². The van der Waals surface area contributed by atoms with Gasteiger partial charge in [0, 0.05) is 29.8 Å². The number of nitrogens with two attached hydrogens (primary N) is 1. The average Bonchev–Trinajstić information content (AvgIpc) is 2.79. The summed E-state index contributed by atoms with van der Waals surface area (Å²) in [6.07, 6.45) is 4.57. The summed E-state index contributed by atoms with van der Waals surface area (Å²) >= 11 is 0. The molecule has 4 N–H and O–H groups in total. The Morgan fingerprint density at radius 3 is 2.56 bits per heavy atom. The number of hydrogen-bond donors (Lipinski definition) is 3. The first-order valence-corrected chi connectivity index (χ1v) is 6.41. The van der Waals surface area contributed by atoms with Gasteiger partial charge in [0.15, 0.2) is 0 Å². The predicted molar refractivity (Wildman–Crippen MR) is 74.3 cm³/mol. The summed E-state index contributed by atoms with van der Waals surface area (Å²) in [6, 6.07) is 2.04. The molecule has 1 aromatic heterocycles. The fourth-order valence-corrected chi connectivity index (χ4v) is 1.86. The van der Waals surface area contributed by atoms with E-state index in [1.807, 2.05) is 32.3 Å². The van der Waals surface area contributed by atoms with Crippen LogP contribution in [0.4, 0.5) is 0 Å². The number of amides is 1. The summed E-state index contributed by atoms with van der Waals surface area (Å²) in [4.78, 5) is 15.1. The van der Waals surface area contributed by atoms with E-state index in [1.165, 1.54) is 5.56 Å². The Balaban J connectivity index is 2.58. The molecule has 0 saturated heterocycles. The topological polar surface area (TPSA) is 70.9 Å². The lowest BCUT2D eigenvalue weighted by atomic mass is 9.84. The summed E-state index contributed by atoms with van der Waals surface area (Å²) in [5, 5.41) is 3.03. The summed E-state index contributed by atoms with van der Waals surface area (Å²) in [7, 11) is 0. The third-order valence-electron chi connectivity index (χ3n) is 3.45. The summed E-state index contributed by atoms with van der Waals surface area (Å²) in [5.74, 6) is 0.0663. The number of carbonyl (C=O) groups is 1. The Morgan fingerprint density at radius 2 is 2.06 bits per heavy atom. The molecule has 18 heavy (non-hydrogen) atoms. The zero-order valence-electron chi connectivity index (χ0n) is 11.8. The second kappa shape index (κ2) is 5.57. The molecule has 4 nitrogen and oxygen atoms in total. The molecule has 0 aromatic carbocycles. The molecule has 0 unspecified atom stereocenters. The van der Waals surface area contributed by atoms with Gasteiger partial charge in [0.2, 0.25) is 5.91 Å². The average molecular weight is 251 g/mol. The number of aromatic nitrogens is 1. The number of nitrogens with one attached hydrogen (secondary N) is 2. The van der Waals surface area contributed by atoms with Crippen LogP contribution in [0.25, 0.3) is 0 Å². The Kier molecular flexibility index (Phi) is 4.57. The molecule has 1 aromatic rings. The molecule has 0 spiro atoms. The lowest BCUT2D eigenvalue weighted by molar-refractivity contribution is -0.129. The largest absolute Gasteiger partial charge is 0.367 e. The van der Waals surface area contributed by atoms with E-state index >= 15 is 0 Å². The summed E-state index contributed by atoms with van der Waals surface area (Å²) in [6.45, 7) is 9.25. The molecule has 0 atom stereocenters. The molecule has 4 heteroatoms. The van der Waals surface area contributed by atoms with Crippen LogP contribution in [0.3, 0.4) is 0 Å². The molecular formula is C14H25N3O. The SMILES string of the molecule is CC(C)(CCN)C(=O)NCC(C)(C)c1cc[nH]c1. The number of H-pyrrole nitrogens is 1. The van der Waals surface area contributed by atoms with Gasteiger partial charge < -0.3 is 16.0 Å². The maximum Gasteiger partial charge on any atom is 0.225 e. The van der Waals surface area contributed by atoms with Gasteiger partial charge in [-0.15, -0.1) is 0 Å². The minimum atomic E-state index is -0.400. The molecule has 0 aliphatic rings. The van der Waals surface area contributed by atoms with E-state index < -0.39 is 5.41 Å². The molecule has 0 aliphatic heterocycles. The second-order valence-electron chi connectivity index (χ2n) is 6.09. The number of hydrogen-bond acceptors (Lipinski definition) is 2. The van der Waals surface area contributed by atoms with Crippen molar-refractivity contribution in [1.82, 2.24) is 10.3 Å². The molecule has 1 amide bonds. The van der Waals surface area contributed by atoms with Crippen molar-refractivity contribution in [1.29, 1.82) is 0 Å². The quantitative estimate of drug-likeness (QED) is 0.721. The van der Waals surface area contributed by atoms with Crippen molar-refractivity contribution in [2.24, 2.45) is 11.1 Å². The van der Waals surface area contributed by atoms with E-state index in [0.717, 1.165) is 0 Å². The molecule has 0 saturated carbocycles. The van der Waals surface area contributed by atoms with Crippen molar-refractivity contribution in [3.63, 3.8) is 0 Å². The van der Waals surface area contributed by atoms with Crippen molar-refractivity contribution in [2.75, 3.05) is 13.1 Å². The highest BCUT2D eigenvalue weighted by Crippen LogP contribution is 2.23. The molecule has 0 bridgehead atoms. The second-order valence-corrected chi connectivity index (χ2v) is 6.09. The van der Waals surface area contributed by atoms with Gasteiger partial charge in [-0.2, -0.15) is 0 Å². The molecule has 0 aliphatic carbocycles. The number of aromatic amines is 1. The van der Waals surface area contributed by atoms with Gasteiger partial charge in [-0.05, 0) is 24.6 Å². The van der Waals surface area contributed by atoms with Crippen LogP contribution in [0.2, 0.25) is 0 Å². The van der Waals surface area contributed by atoms with Gasteiger partial charge in [-0.25, -0.2) is 0 Å². The summed E-state index contributed by atoms with van der Waals surface area (Å²) < 4.78 is 0. The Bertz CT molecular complexity index is 380.